The maximum Gasteiger partial charge on any atom is 0.312 e. The van der Waals surface area contributed by atoms with Crippen molar-refractivity contribution in [2.24, 2.45) is 7.05 Å². The molecule has 2 heterocycles. The number of aromatic nitrogens is 3. The standard InChI is InChI=1S/C10H11ClN6O2/c1-16-9(12)6(4-15-16)3-13-10-8(17(18)19)2-7(11)5-14-10/h2,4-5H,3,12H2,1H3,(H,13,14). The fraction of sp³-hybridized carbons (Fsp3) is 0.200. The van der Waals surface area contributed by atoms with Gasteiger partial charge in [-0.05, 0) is 0 Å². The van der Waals surface area contributed by atoms with Gasteiger partial charge >= 0.3 is 5.69 Å². The number of rotatable bonds is 4. The van der Waals surface area contributed by atoms with Crippen molar-refractivity contribution in [2.75, 3.05) is 11.1 Å². The molecule has 0 amide bonds. The lowest BCUT2D eigenvalue weighted by atomic mass is 10.3. The number of hydrogen-bond donors (Lipinski definition) is 2. The predicted molar refractivity (Wildman–Crippen MR) is 70.8 cm³/mol. The molecule has 9 heteroatoms. The Kier molecular flexibility index (Phi) is 3.52. The Morgan fingerprint density at radius 2 is 2.32 bits per heavy atom. The van der Waals surface area contributed by atoms with E-state index in [-0.39, 0.29) is 23.1 Å². The third-order valence-corrected chi connectivity index (χ3v) is 2.75. The lowest BCUT2D eigenvalue weighted by Gasteiger charge is -2.06. The van der Waals surface area contributed by atoms with Crippen molar-refractivity contribution in [1.82, 2.24) is 14.8 Å². The van der Waals surface area contributed by atoms with Crippen LogP contribution in [0.4, 0.5) is 17.3 Å². The summed E-state index contributed by atoms with van der Waals surface area (Å²) in [6, 6.07) is 1.24. The molecule has 100 valence electrons. The third kappa shape index (κ3) is 2.74. The average molecular weight is 283 g/mol. The van der Waals surface area contributed by atoms with Crippen LogP contribution in [0, 0.1) is 10.1 Å². The van der Waals surface area contributed by atoms with Crippen LogP contribution in [-0.2, 0) is 13.6 Å². The number of nitrogens with two attached hydrogens (primary N) is 1. The molecule has 0 atom stereocenters. The van der Waals surface area contributed by atoms with Gasteiger partial charge in [0.2, 0.25) is 5.82 Å². The van der Waals surface area contributed by atoms with E-state index in [0.29, 0.717) is 5.82 Å². The molecule has 2 rings (SSSR count). The first kappa shape index (κ1) is 13.1. The molecule has 2 aromatic heterocycles. The van der Waals surface area contributed by atoms with E-state index >= 15 is 0 Å². The number of nitro groups is 1. The van der Waals surface area contributed by atoms with Gasteiger partial charge in [0.15, 0.2) is 0 Å². The van der Waals surface area contributed by atoms with E-state index in [1.807, 2.05) is 0 Å². The van der Waals surface area contributed by atoms with Crippen molar-refractivity contribution >= 4 is 28.9 Å². The van der Waals surface area contributed by atoms with E-state index < -0.39 is 4.92 Å². The highest BCUT2D eigenvalue weighted by molar-refractivity contribution is 6.30. The van der Waals surface area contributed by atoms with Crippen LogP contribution in [0.1, 0.15) is 5.56 Å². The second-order valence-corrected chi connectivity index (χ2v) is 4.25. The Bertz CT molecular complexity index is 626. The maximum absolute atomic E-state index is 10.9. The fourth-order valence-electron chi connectivity index (χ4n) is 1.51. The summed E-state index contributed by atoms with van der Waals surface area (Å²) in [5.74, 6) is 0.627. The van der Waals surface area contributed by atoms with Crippen molar-refractivity contribution in [3.63, 3.8) is 0 Å². The molecule has 0 aliphatic carbocycles. The maximum atomic E-state index is 10.9. The monoisotopic (exact) mass is 282 g/mol. The minimum Gasteiger partial charge on any atom is -0.384 e. The van der Waals surface area contributed by atoms with Crippen molar-refractivity contribution in [1.29, 1.82) is 0 Å². The second kappa shape index (κ2) is 5.11. The van der Waals surface area contributed by atoms with E-state index in [4.69, 9.17) is 17.3 Å². The molecule has 3 N–H and O–H groups in total. The Morgan fingerprint density at radius 3 is 2.89 bits per heavy atom. The number of nitrogens with one attached hydrogen (secondary N) is 1. The zero-order valence-electron chi connectivity index (χ0n) is 10.00. The van der Waals surface area contributed by atoms with Crippen molar-refractivity contribution in [3.05, 3.63) is 39.2 Å². The molecule has 0 saturated carbocycles. The van der Waals surface area contributed by atoms with Gasteiger partial charge in [-0.15, -0.1) is 0 Å². The largest absolute Gasteiger partial charge is 0.384 e. The number of pyridine rings is 1. The highest BCUT2D eigenvalue weighted by Crippen LogP contribution is 2.25. The van der Waals surface area contributed by atoms with Gasteiger partial charge < -0.3 is 11.1 Å². The first-order valence-corrected chi connectivity index (χ1v) is 5.67. The quantitative estimate of drug-likeness (QED) is 0.650. The first-order valence-electron chi connectivity index (χ1n) is 5.29. The second-order valence-electron chi connectivity index (χ2n) is 3.81. The van der Waals surface area contributed by atoms with E-state index in [2.05, 4.69) is 15.4 Å². The molecule has 19 heavy (non-hydrogen) atoms. The Balaban J connectivity index is 2.20. The number of nitrogen functional groups attached to an aromatic ring is 1. The molecule has 0 saturated heterocycles. The highest BCUT2D eigenvalue weighted by atomic mass is 35.5. The Labute approximate surface area is 113 Å². The smallest absolute Gasteiger partial charge is 0.312 e. The number of aryl methyl sites for hydroxylation is 1. The van der Waals surface area contributed by atoms with Crippen LogP contribution in [0.25, 0.3) is 0 Å². The molecule has 0 spiro atoms. The highest BCUT2D eigenvalue weighted by Gasteiger charge is 2.16. The minimum atomic E-state index is -0.548. The van der Waals surface area contributed by atoms with E-state index in [9.17, 15) is 10.1 Å². The summed E-state index contributed by atoms with van der Waals surface area (Å²) in [5.41, 5.74) is 6.32. The molecule has 0 unspecified atom stereocenters. The molecule has 0 radical (unpaired) electrons. The molecule has 0 fully saturated rings. The summed E-state index contributed by atoms with van der Waals surface area (Å²) in [5, 5.41) is 17.9. The summed E-state index contributed by atoms with van der Waals surface area (Å²) in [6.45, 7) is 0.287. The van der Waals surface area contributed by atoms with Crippen LogP contribution in [0.2, 0.25) is 5.02 Å². The molecular weight excluding hydrogens is 272 g/mol. The van der Waals surface area contributed by atoms with Gasteiger partial charge in [-0.2, -0.15) is 5.10 Å². The van der Waals surface area contributed by atoms with Crippen molar-refractivity contribution in [2.45, 2.75) is 6.54 Å². The van der Waals surface area contributed by atoms with Gasteiger partial charge in [-0.3, -0.25) is 14.8 Å². The minimum absolute atomic E-state index is 0.137. The van der Waals surface area contributed by atoms with E-state index in [1.54, 1.807) is 13.2 Å². The number of nitrogens with zero attached hydrogens (tertiary/aromatic N) is 4. The molecule has 0 aliphatic heterocycles. The van der Waals surface area contributed by atoms with E-state index in [0.717, 1.165) is 5.56 Å². The summed E-state index contributed by atoms with van der Waals surface area (Å²) < 4.78 is 1.51. The zero-order chi connectivity index (χ0) is 14.0. The number of anilines is 2. The molecule has 0 aromatic carbocycles. The predicted octanol–water partition coefficient (Wildman–Crippen LogP) is 1.57. The van der Waals surface area contributed by atoms with Crippen molar-refractivity contribution < 1.29 is 4.92 Å². The topological polar surface area (TPSA) is 112 Å². The van der Waals surface area contributed by atoms with Crippen LogP contribution < -0.4 is 11.1 Å². The molecule has 0 bridgehead atoms. The summed E-state index contributed by atoms with van der Waals surface area (Å²) >= 11 is 5.68. The summed E-state index contributed by atoms with van der Waals surface area (Å²) in [7, 11) is 1.71. The summed E-state index contributed by atoms with van der Waals surface area (Å²) in [4.78, 5) is 14.2. The van der Waals surface area contributed by atoms with Gasteiger partial charge in [-0.25, -0.2) is 4.98 Å². The van der Waals surface area contributed by atoms with Crippen LogP contribution in [-0.4, -0.2) is 19.7 Å². The lowest BCUT2D eigenvalue weighted by molar-refractivity contribution is -0.384. The molecule has 0 aliphatic rings. The Hall–Kier alpha value is -2.35. The van der Waals surface area contributed by atoms with Gasteiger partial charge in [0.05, 0.1) is 16.1 Å². The van der Waals surface area contributed by atoms with Gasteiger partial charge in [0.1, 0.15) is 5.82 Å². The van der Waals surface area contributed by atoms with Gasteiger partial charge in [-0.1, -0.05) is 11.6 Å². The van der Waals surface area contributed by atoms with Crippen LogP contribution >= 0.6 is 11.6 Å². The molecule has 2 aromatic rings. The molecule has 8 nitrogen and oxygen atoms in total. The Morgan fingerprint density at radius 1 is 1.58 bits per heavy atom. The fourth-order valence-corrected chi connectivity index (χ4v) is 1.66. The first-order chi connectivity index (χ1) is 8.99. The lowest BCUT2D eigenvalue weighted by Crippen LogP contribution is -2.06. The van der Waals surface area contributed by atoms with Crippen LogP contribution in [0.5, 0.6) is 0 Å². The van der Waals surface area contributed by atoms with E-state index in [1.165, 1.54) is 16.9 Å². The zero-order valence-corrected chi connectivity index (χ0v) is 10.8. The number of halogens is 1. The normalized spacial score (nSPS) is 10.4. The molecular formula is C10H11ClN6O2. The average Bonchev–Trinajstić information content (AvgIpc) is 2.68. The van der Waals surface area contributed by atoms with Crippen LogP contribution in [0.3, 0.4) is 0 Å². The van der Waals surface area contributed by atoms with Gasteiger partial charge in [0.25, 0.3) is 0 Å². The third-order valence-electron chi connectivity index (χ3n) is 2.54. The number of hydrogen-bond acceptors (Lipinski definition) is 6. The van der Waals surface area contributed by atoms with Gasteiger partial charge in [0, 0.05) is 31.4 Å². The summed E-state index contributed by atoms with van der Waals surface area (Å²) in [6.07, 6.45) is 2.92. The van der Waals surface area contributed by atoms with Crippen molar-refractivity contribution in [3.8, 4) is 0 Å². The van der Waals surface area contributed by atoms with Crippen LogP contribution in [0.15, 0.2) is 18.5 Å². The SMILES string of the molecule is Cn1ncc(CNc2ncc(Cl)cc2[N+](=O)[O-])c1N.